The molecule has 1 aliphatic heterocycles. The summed E-state index contributed by atoms with van der Waals surface area (Å²) in [5, 5.41) is 0. The van der Waals surface area contributed by atoms with Crippen LogP contribution < -0.4 is 0 Å². The summed E-state index contributed by atoms with van der Waals surface area (Å²) in [7, 11) is 0. The van der Waals surface area contributed by atoms with Gasteiger partial charge in [0, 0.05) is 0 Å². The quantitative estimate of drug-likeness (QED) is 0.583. The Kier molecular flexibility index (Phi) is 3.40. The first kappa shape index (κ1) is 9.23. The second-order valence-corrected chi connectivity index (χ2v) is 4.58. The Morgan fingerprint density at radius 1 is 0.846 bits per heavy atom. The SMILES string of the molecule is C1=NC(C2CCCCCCC2)CC1. The lowest BCUT2D eigenvalue weighted by Crippen LogP contribution is -2.17. The van der Waals surface area contributed by atoms with Gasteiger partial charge >= 0.3 is 0 Å². The fraction of sp³-hybridized carbons (Fsp3) is 0.917. The first-order valence-electron chi connectivity index (χ1n) is 5.98. The van der Waals surface area contributed by atoms with Crippen LogP contribution in [0.2, 0.25) is 0 Å². The molecule has 0 radical (unpaired) electrons. The van der Waals surface area contributed by atoms with E-state index in [0.29, 0.717) is 6.04 Å². The fourth-order valence-electron chi connectivity index (χ4n) is 2.76. The van der Waals surface area contributed by atoms with Gasteiger partial charge in [-0.2, -0.15) is 0 Å². The molecule has 1 aliphatic carbocycles. The summed E-state index contributed by atoms with van der Waals surface area (Å²) >= 11 is 0. The minimum atomic E-state index is 0.707. The minimum Gasteiger partial charge on any atom is -0.294 e. The number of rotatable bonds is 1. The van der Waals surface area contributed by atoms with Crippen molar-refractivity contribution >= 4 is 6.21 Å². The molecule has 0 aromatic rings. The van der Waals surface area contributed by atoms with Crippen LogP contribution in [0.1, 0.15) is 57.8 Å². The number of nitrogens with zero attached hydrogens (tertiary/aromatic N) is 1. The van der Waals surface area contributed by atoms with E-state index >= 15 is 0 Å². The maximum atomic E-state index is 4.61. The molecule has 13 heavy (non-hydrogen) atoms. The Hall–Kier alpha value is -0.330. The van der Waals surface area contributed by atoms with Crippen LogP contribution in [0.4, 0.5) is 0 Å². The topological polar surface area (TPSA) is 12.4 Å². The Labute approximate surface area is 81.6 Å². The average Bonchev–Trinajstić information content (AvgIpc) is 2.55. The lowest BCUT2D eigenvalue weighted by atomic mass is 9.85. The second kappa shape index (κ2) is 4.78. The third kappa shape index (κ3) is 2.55. The summed E-state index contributed by atoms with van der Waals surface area (Å²) in [6.45, 7) is 0. The Bertz CT molecular complexity index is 166. The van der Waals surface area contributed by atoms with Gasteiger partial charge in [-0.1, -0.05) is 32.1 Å². The van der Waals surface area contributed by atoms with Gasteiger partial charge in [0.25, 0.3) is 0 Å². The van der Waals surface area contributed by atoms with Crippen molar-refractivity contribution < 1.29 is 0 Å². The smallest absolute Gasteiger partial charge is 0.0527 e. The molecule has 0 bridgehead atoms. The highest BCUT2D eigenvalue weighted by atomic mass is 14.8. The third-order valence-corrected chi connectivity index (χ3v) is 3.58. The first-order chi connectivity index (χ1) is 6.47. The standard InChI is InChI=1S/C12H21N/c1-2-4-7-11(8-5-3-1)12-9-6-10-13-12/h10-12H,1-9H2. The molecule has 1 fully saturated rings. The number of hydrogen-bond acceptors (Lipinski definition) is 1. The molecule has 2 rings (SSSR count). The van der Waals surface area contributed by atoms with Crippen LogP contribution >= 0.6 is 0 Å². The molecule has 1 unspecified atom stereocenters. The molecular formula is C12H21N. The van der Waals surface area contributed by atoms with Crippen molar-refractivity contribution in [2.24, 2.45) is 10.9 Å². The molecule has 0 amide bonds. The highest BCUT2D eigenvalue weighted by Gasteiger charge is 2.22. The van der Waals surface area contributed by atoms with Crippen molar-refractivity contribution in [1.29, 1.82) is 0 Å². The van der Waals surface area contributed by atoms with Crippen LogP contribution in [0.3, 0.4) is 0 Å². The largest absolute Gasteiger partial charge is 0.294 e. The second-order valence-electron chi connectivity index (χ2n) is 4.58. The monoisotopic (exact) mass is 179 g/mol. The Morgan fingerprint density at radius 2 is 1.54 bits per heavy atom. The molecule has 0 aromatic carbocycles. The summed E-state index contributed by atoms with van der Waals surface area (Å²) < 4.78 is 0. The molecule has 0 N–H and O–H groups in total. The Morgan fingerprint density at radius 3 is 2.15 bits per heavy atom. The lowest BCUT2D eigenvalue weighted by molar-refractivity contribution is 0.324. The van der Waals surface area contributed by atoms with Crippen LogP contribution in [0.25, 0.3) is 0 Å². The fourth-order valence-corrected chi connectivity index (χ4v) is 2.76. The molecule has 0 spiro atoms. The summed E-state index contributed by atoms with van der Waals surface area (Å²) in [5.74, 6) is 0.930. The normalized spacial score (nSPS) is 31.5. The molecule has 1 heterocycles. The van der Waals surface area contributed by atoms with Gasteiger partial charge in [0.05, 0.1) is 6.04 Å². The third-order valence-electron chi connectivity index (χ3n) is 3.58. The van der Waals surface area contributed by atoms with Gasteiger partial charge in [0.15, 0.2) is 0 Å². The molecule has 74 valence electrons. The lowest BCUT2D eigenvalue weighted by Gasteiger charge is -2.23. The minimum absolute atomic E-state index is 0.707. The van der Waals surface area contributed by atoms with Crippen molar-refractivity contribution in [1.82, 2.24) is 0 Å². The van der Waals surface area contributed by atoms with Crippen LogP contribution in [0.5, 0.6) is 0 Å². The predicted octanol–water partition coefficient (Wildman–Crippen LogP) is 3.58. The predicted molar refractivity (Wildman–Crippen MR) is 57.3 cm³/mol. The highest BCUT2D eigenvalue weighted by molar-refractivity contribution is 5.59. The molecule has 1 saturated carbocycles. The van der Waals surface area contributed by atoms with E-state index in [9.17, 15) is 0 Å². The molecule has 0 aromatic heterocycles. The number of hydrogen-bond donors (Lipinski definition) is 0. The Balaban J connectivity index is 1.84. The van der Waals surface area contributed by atoms with E-state index in [1.165, 1.54) is 57.8 Å². The van der Waals surface area contributed by atoms with Crippen LogP contribution in [-0.2, 0) is 0 Å². The first-order valence-corrected chi connectivity index (χ1v) is 5.98. The van der Waals surface area contributed by atoms with Gasteiger partial charge in [0.2, 0.25) is 0 Å². The maximum absolute atomic E-state index is 4.61. The van der Waals surface area contributed by atoms with Crippen LogP contribution in [-0.4, -0.2) is 12.3 Å². The van der Waals surface area contributed by atoms with E-state index in [4.69, 9.17) is 0 Å². The van der Waals surface area contributed by atoms with Gasteiger partial charge in [-0.05, 0) is 37.8 Å². The van der Waals surface area contributed by atoms with Gasteiger partial charge in [-0.3, -0.25) is 4.99 Å². The van der Waals surface area contributed by atoms with E-state index in [2.05, 4.69) is 11.2 Å². The van der Waals surface area contributed by atoms with Crippen molar-refractivity contribution in [3.05, 3.63) is 0 Å². The molecular weight excluding hydrogens is 158 g/mol. The van der Waals surface area contributed by atoms with E-state index < -0.39 is 0 Å². The highest BCUT2D eigenvalue weighted by Crippen LogP contribution is 2.29. The maximum Gasteiger partial charge on any atom is 0.0527 e. The van der Waals surface area contributed by atoms with Crippen molar-refractivity contribution in [3.8, 4) is 0 Å². The van der Waals surface area contributed by atoms with E-state index in [1.807, 2.05) is 0 Å². The van der Waals surface area contributed by atoms with Crippen LogP contribution in [0.15, 0.2) is 4.99 Å². The van der Waals surface area contributed by atoms with E-state index in [-0.39, 0.29) is 0 Å². The zero-order valence-electron chi connectivity index (χ0n) is 8.54. The van der Waals surface area contributed by atoms with Crippen molar-refractivity contribution in [2.75, 3.05) is 0 Å². The zero-order chi connectivity index (χ0) is 8.93. The molecule has 0 saturated heterocycles. The molecule has 1 atom stereocenters. The zero-order valence-corrected chi connectivity index (χ0v) is 8.54. The van der Waals surface area contributed by atoms with E-state index in [1.54, 1.807) is 0 Å². The van der Waals surface area contributed by atoms with Crippen molar-refractivity contribution in [2.45, 2.75) is 63.8 Å². The van der Waals surface area contributed by atoms with Gasteiger partial charge < -0.3 is 0 Å². The molecule has 1 heteroatoms. The van der Waals surface area contributed by atoms with Gasteiger partial charge in [-0.25, -0.2) is 0 Å². The van der Waals surface area contributed by atoms with Gasteiger partial charge in [-0.15, -0.1) is 0 Å². The average molecular weight is 179 g/mol. The summed E-state index contributed by atoms with van der Waals surface area (Å²) in [6, 6.07) is 0.707. The van der Waals surface area contributed by atoms with E-state index in [0.717, 1.165) is 5.92 Å². The summed E-state index contributed by atoms with van der Waals surface area (Å²) in [4.78, 5) is 4.61. The van der Waals surface area contributed by atoms with Crippen LogP contribution in [0, 0.1) is 5.92 Å². The molecule has 2 aliphatic rings. The molecule has 1 nitrogen and oxygen atoms in total. The summed E-state index contributed by atoms with van der Waals surface area (Å²) in [6.07, 6.45) is 14.9. The summed E-state index contributed by atoms with van der Waals surface area (Å²) in [5.41, 5.74) is 0. The van der Waals surface area contributed by atoms with Crippen molar-refractivity contribution in [3.63, 3.8) is 0 Å². The van der Waals surface area contributed by atoms with Gasteiger partial charge in [0.1, 0.15) is 0 Å². The number of aliphatic imine (C=N–C) groups is 1.